The Balaban J connectivity index is 2.35. The van der Waals surface area contributed by atoms with E-state index in [-0.39, 0.29) is 11.9 Å². The zero-order chi connectivity index (χ0) is 15.4. The molecular weight excluding hydrogens is 329 g/mol. The molecule has 0 bridgehead atoms. The van der Waals surface area contributed by atoms with Crippen LogP contribution in [0.2, 0.25) is 0 Å². The largest absolute Gasteiger partial charge is 0.310 e. The van der Waals surface area contributed by atoms with Crippen molar-refractivity contribution in [3.8, 4) is 0 Å². The maximum absolute atomic E-state index is 13.5. The van der Waals surface area contributed by atoms with Gasteiger partial charge in [-0.05, 0) is 67.3 Å². The number of benzene rings is 2. The van der Waals surface area contributed by atoms with Gasteiger partial charge >= 0.3 is 0 Å². The summed E-state index contributed by atoms with van der Waals surface area (Å²) in [6.07, 6.45) is 0.760. The summed E-state index contributed by atoms with van der Waals surface area (Å²) in [4.78, 5) is 0. The Bertz CT molecular complexity index is 625. The molecule has 0 aliphatic rings. The van der Waals surface area contributed by atoms with Gasteiger partial charge < -0.3 is 5.32 Å². The van der Waals surface area contributed by atoms with Gasteiger partial charge in [-0.1, -0.05) is 41.1 Å². The van der Waals surface area contributed by atoms with E-state index in [9.17, 15) is 4.39 Å². The Morgan fingerprint density at radius 2 is 1.95 bits per heavy atom. The second-order valence-corrected chi connectivity index (χ2v) is 6.19. The van der Waals surface area contributed by atoms with Crippen LogP contribution in [-0.4, -0.2) is 6.54 Å². The molecule has 1 atom stereocenters. The first kappa shape index (κ1) is 16.2. The molecule has 1 unspecified atom stereocenters. The molecule has 0 saturated carbocycles. The number of likely N-dealkylation sites (N-methyl/N-ethyl adjacent to an activating group) is 1. The molecule has 2 aromatic rings. The van der Waals surface area contributed by atoms with Crippen LogP contribution in [0.25, 0.3) is 0 Å². The summed E-state index contributed by atoms with van der Waals surface area (Å²) in [5.74, 6) is -0.190. The van der Waals surface area contributed by atoms with Crippen LogP contribution < -0.4 is 5.32 Å². The van der Waals surface area contributed by atoms with Crippen molar-refractivity contribution in [2.75, 3.05) is 6.54 Å². The van der Waals surface area contributed by atoms with Gasteiger partial charge in [0.1, 0.15) is 5.82 Å². The normalized spacial score (nSPS) is 12.4. The van der Waals surface area contributed by atoms with Gasteiger partial charge in [-0.25, -0.2) is 4.39 Å². The van der Waals surface area contributed by atoms with Crippen molar-refractivity contribution in [2.24, 2.45) is 0 Å². The van der Waals surface area contributed by atoms with Gasteiger partial charge in [0.25, 0.3) is 0 Å². The molecule has 0 aromatic heterocycles. The van der Waals surface area contributed by atoms with Gasteiger partial charge in [0.05, 0.1) is 0 Å². The number of hydrogen-bond acceptors (Lipinski definition) is 1. The molecule has 0 fully saturated rings. The van der Waals surface area contributed by atoms with Crippen LogP contribution in [0.3, 0.4) is 0 Å². The molecule has 0 aliphatic heterocycles. The SMILES string of the molecule is CCNC(Cc1cc(F)ccc1Br)c1cccc(C)c1C. The van der Waals surface area contributed by atoms with E-state index in [0.717, 1.165) is 23.0 Å². The van der Waals surface area contributed by atoms with E-state index < -0.39 is 0 Å². The third kappa shape index (κ3) is 3.92. The summed E-state index contributed by atoms with van der Waals surface area (Å²) in [6.45, 7) is 7.25. The number of halogens is 2. The Kier molecular flexibility index (Phi) is 5.54. The average Bonchev–Trinajstić information content (AvgIpc) is 2.45. The van der Waals surface area contributed by atoms with E-state index in [2.05, 4.69) is 60.2 Å². The zero-order valence-electron chi connectivity index (χ0n) is 12.7. The quantitative estimate of drug-likeness (QED) is 0.791. The summed E-state index contributed by atoms with van der Waals surface area (Å²) < 4.78 is 14.4. The van der Waals surface area contributed by atoms with Gasteiger partial charge in [0.2, 0.25) is 0 Å². The molecule has 1 nitrogen and oxygen atoms in total. The average molecular weight is 350 g/mol. The van der Waals surface area contributed by atoms with Crippen LogP contribution in [0.1, 0.15) is 35.2 Å². The van der Waals surface area contributed by atoms with Crippen LogP contribution in [0.15, 0.2) is 40.9 Å². The van der Waals surface area contributed by atoms with Gasteiger partial charge in [-0.15, -0.1) is 0 Å². The van der Waals surface area contributed by atoms with Crippen molar-refractivity contribution >= 4 is 15.9 Å². The number of nitrogens with one attached hydrogen (secondary N) is 1. The minimum Gasteiger partial charge on any atom is -0.310 e. The lowest BCUT2D eigenvalue weighted by atomic mass is 9.93. The van der Waals surface area contributed by atoms with Gasteiger partial charge in [0.15, 0.2) is 0 Å². The van der Waals surface area contributed by atoms with Gasteiger partial charge in [0, 0.05) is 10.5 Å². The van der Waals surface area contributed by atoms with Crippen LogP contribution in [0.5, 0.6) is 0 Å². The second-order valence-electron chi connectivity index (χ2n) is 5.34. The predicted octanol–water partition coefficient (Wildman–Crippen LogP) is 5.10. The number of aryl methyl sites for hydroxylation is 1. The van der Waals surface area contributed by atoms with Crippen molar-refractivity contribution in [2.45, 2.75) is 33.2 Å². The molecule has 2 aromatic carbocycles. The summed E-state index contributed by atoms with van der Waals surface area (Å²) >= 11 is 3.52. The first-order chi connectivity index (χ1) is 10.0. The Morgan fingerprint density at radius 3 is 2.67 bits per heavy atom. The molecular formula is C18H21BrFN. The molecule has 0 radical (unpaired) electrons. The van der Waals surface area contributed by atoms with E-state index in [4.69, 9.17) is 0 Å². The molecule has 3 heteroatoms. The molecule has 0 amide bonds. The lowest BCUT2D eigenvalue weighted by Gasteiger charge is -2.22. The van der Waals surface area contributed by atoms with Crippen LogP contribution >= 0.6 is 15.9 Å². The standard InChI is InChI=1S/C18H21BrFN/c1-4-21-18(16-7-5-6-12(2)13(16)3)11-14-10-15(20)8-9-17(14)19/h5-10,18,21H,4,11H2,1-3H3. The fraction of sp³-hybridized carbons (Fsp3) is 0.333. The fourth-order valence-electron chi connectivity index (χ4n) is 2.61. The molecule has 1 N–H and O–H groups in total. The van der Waals surface area contributed by atoms with E-state index in [0.29, 0.717) is 0 Å². The van der Waals surface area contributed by atoms with Crippen LogP contribution in [-0.2, 0) is 6.42 Å². The summed E-state index contributed by atoms with van der Waals surface area (Å²) in [5, 5.41) is 3.52. The molecule has 2 rings (SSSR count). The zero-order valence-corrected chi connectivity index (χ0v) is 14.3. The maximum atomic E-state index is 13.5. The predicted molar refractivity (Wildman–Crippen MR) is 90.1 cm³/mol. The van der Waals surface area contributed by atoms with Crippen LogP contribution in [0, 0.1) is 19.7 Å². The third-order valence-electron chi connectivity index (χ3n) is 3.90. The van der Waals surface area contributed by atoms with E-state index in [1.54, 1.807) is 12.1 Å². The highest BCUT2D eigenvalue weighted by Gasteiger charge is 2.16. The molecule has 0 aliphatic carbocycles. The second kappa shape index (κ2) is 7.19. The molecule has 21 heavy (non-hydrogen) atoms. The smallest absolute Gasteiger partial charge is 0.123 e. The van der Waals surface area contributed by atoms with Gasteiger partial charge in [-0.2, -0.15) is 0 Å². The lowest BCUT2D eigenvalue weighted by molar-refractivity contribution is 0.543. The maximum Gasteiger partial charge on any atom is 0.123 e. The van der Waals surface area contributed by atoms with Crippen molar-refractivity contribution in [3.05, 3.63) is 68.9 Å². The first-order valence-electron chi connectivity index (χ1n) is 7.26. The molecule has 0 spiro atoms. The first-order valence-corrected chi connectivity index (χ1v) is 8.05. The Hall–Kier alpha value is -1.19. The van der Waals surface area contributed by atoms with Crippen molar-refractivity contribution in [1.82, 2.24) is 5.32 Å². The monoisotopic (exact) mass is 349 g/mol. The Morgan fingerprint density at radius 1 is 1.19 bits per heavy atom. The number of hydrogen-bond donors (Lipinski definition) is 1. The minimum atomic E-state index is -0.190. The number of rotatable bonds is 5. The summed E-state index contributed by atoms with van der Waals surface area (Å²) in [6, 6.07) is 11.4. The topological polar surface area (TPSA) is 12.0 Å². The molecule has 0 saturated heterocycles. The lowest BCUT2D eigenvalue weighted by Crippen LogP contribution is -2.24. The molecule has 112 valence electrons. The highest BCUT2D eigenvalue weighted by atomic mass is 79.9. The highest BCUT2D eigenvalue weighted by molar-refractivity contribution is 9.10. The van der Waals surface area contributed by atoms with Crippen LogP contribution in [0.4, 0.5) is 4.39 Å². The van der Waals surface area contributed by atoms with E-state index in [1.807, 2.05) is 0 Å². The van der Waals surface area contributed by atoms with Gasteiger partial charge in [-0.3, -0.25) is 0 Å². The van der Waals surface area contributed by atoms with E-state index >= 15 is 0 Å². The van der Waals surface area contributed by atoms with Crippen molar-refractivity contribution < 1.29 is 4.39 Å². The Labute approximate surface area is 134 Å². The highest BCUT2D eigenvalue weighted by Crippen LogP contribution is 2.27. The van der Waals surface area contributed by atoms with Crippen molar-refractivity contribution in [3.63, 3.8) is 0 Å². The summed E-state index contributed by atoms with van der Waals surface area (Å²) in [7, 11) is 0. The third-order valence-corrected chi connectivity index (χ3v) is 4.68. The summed E-state index contributed by atoms with van der Waals surface area (Å²) in [5.41, 5.74) is 4.86. The minimum absolute atomic E-state index is 0.188. The van der Waals surface area contributed by atoms with E-state index in [1.165, 1.54) is 22.8 Å². The van der Waals surface area contributed by atoms with Crippen molar-refractivity contribution in [1.29, 1.82) is 0 Å². The fourth-order valence-corrected chi connectivity index (χ4v) is 3.02. The molecule has 0 heterocycles.